The van der Waals surface area contributed by atoms with Crippen LogP contribution in [0, 0.1) is 0 Å². The molecule has 0 radical (unpaired) electrons. The van der Waals surface area contributed by atoms with Crippen LogP contribution in [0.15, 0.2) is 101 Å². The Kier molecular flexibility index (Phi) is 9.68. The van der Waals surface area contributed by atoms with Crippen molar-refractivity contribution in [1.82, 2.24) is 4.98 Å². The average Bonchev–Trinajstić information content (AvgIpc) is 2.63. The summed E-state index contributed by atoms with van der Waals surface area (Å²) in [6, 6.07) is 25.1. The summed E-state index contributed by atoms with van der Waals surface area (Å²) in [6.07, 6.45) is 7.86. The van der Waals surface area contributed by atoms with Crippen molar-refractivity contribution >= 4 is 23.8 Å². The van der Waals surface area contributed by atoms with Gasteiger partial charge in [0, 0.05) is 29.5 Å². The van der Waals surface area contributed by atoms with Crippen molar-refractivity contribution in [2.24, 2.45) is 9.98 Å². The molecule has 0 unspecified atom stereocenters. The summed E-state index contributed by atoms with van der Waals surface area (Å²) in [5.41, 5.74) is 1.78. The zero-order valence-corrected chi connectivity index (χ0v) is 13.5. The van der Waals surface area contributed by atoms with E-state index >= 15 is 0 Å². The molecular formula is C19H16FeN3-. The number of hydrogen-bond donors (Lipinski definition) is 0. The van der Waals surface area contributed by atoms with Crippen LogP contribution in [-0.4, -0.2) is 17.4 Å². The first-order valence-electron chi connectivity index (χ1n) is 6.89. The summed E-state index contributed by atoms with van der Waals surface area (Å²) in [7, 11) is 0. The van der Waals surface area contributed by atoms with E-state index in [1.807, 2.05) is 78.9 Å². The van der Waals surface area contributed by atoms with Gasteiger partial charge in [0.25, 0.3) is 0 Å². The van der Waals surface area contributed by atoms with E-state index in [0.717, 1.165) is 11.4 Å². The number of nitrogens with zero attached hydrogens (tertiary/aromatic N) is 3. The maximum Gasteiger partial charge on any atom is 0.0611 e. The molecule has 0 aliphatic heterocycles. The van der Waals surface area contributed by atoms with Crippen molar-refractivity contribution in [3.63, 3.8) is 0 Å². The van der Waals surface area contributed by atoms with Gasteiger partial charge in [0.15, 0.2) is 0 Å². The summed E-state index contributed by atoms with van der Waals surface area (Å²) >= 11 is 0. The van der Waals surface area contributed by atoms with Crippen LogP contribution in [0.25, 0.3) is 0 Å². The largest absolute Gasteiger partial charge is 0.450 e. The SMILES string of the molecule is [C-](C=Nc1ccccc1)=Nc1ccccc1.[Fe].c1ccncc1. The van der Waals surface area contributed by atoms with Gasteiger partial charge in [0.1, 0.15) is 0 Å². The molecule has 1 aromatic heterocycles. The second kappa shape index (κ2) is 12.0. The van der Waals surface area contributed by atoms with Crippen LogP contribution < -0.4 is 0 Å². The molecule has 0 spiro atoms. The minimum atomic E-state index is 0. The smallest absolute Gasteiger partial charge is 0.0611 e. The number of para-hydroxylation sites is 2. The zero-order valence-electron chi connectivity index (χ0n) is 12.4. The van der Waals surface area contributed by atoms with Gasteiger partial charge in [-0.3, -0.25) is 9.98 Å². The third-order valence-corrected chi connectivity index (χ3v) is 2.54. The maximum atomic E-state index is 4.19. The third-order valence-electron chi connectivity index (χ3n) is 2.54. The van der Waals surface area contributed by atoms with Gasteiger partial charge in [-0.25, -0.2) is 0 Å². The van der Waals surface area contributed by atoms with E-state index < -0.39 is 0 Å². The first-order chi connectivity index (χ1) is 10.9. The van der Waals surface area contributed by atoms with Gasteiger partial charge in [-0.05, 0) is 30.5 Å². The minimum absolute atomic E-state index is 0. The van der Waals surface area contributed by atoms with E-state index in [0.29, 0.717) is 0 Å². The molecule has 0 saturated carbocycles. The van der Waals surface area contributed by atoms with E-state index in [9.17, 15) is 0 Å². The van der Waals surface area contributed by atoms with E-state index in [-0.39, 0.29) is 17.1 Å². The summed E-state index contributed by atoms with van der Waals surface area (Å²) in [5.74, 6) is 0. The van der Waals surface area contributed by atoms with Crippen LogP contribution in [-0.2, 0) is 17.1 Å². The standard InChI is InChI=1S/C14H11N2.C5H5N.Fe/c1-3-7-13(8-4-1)15-11-12-16-14-9-5-2-6-10-14;1-2-4-6-5-3-1;/h1-11H;1-5H;/q-1;;. The molecular weight excluding hydrogens is 326 g/mol. The summed E-state index contributed by atoms with van der Waals surface area (Å²) < 4.78 is 0. The zero-order chi connectivity index (χ0) is 15.3. The molecule has 3 rings (SSSR count). The first kappa shape index (κ1) is 18.5. The Morgan fingerprint density at radius 3 is 1.70 bits per heavy atom. The minimum Gasteiger partial charge on any atom is -0.450 e. The van der Waals surface area contributed by atoms with Crippen LogP contribution in [0.3, 0.4) is 0 Å². The predicted octanol–water partition coefficient (Wildman–Crippen LogP) is 4.75. The van der Waals surface area contributed by atoms with Crippen LogP contribution in [0.1, 0.15) is 0 Å². The van der Waals surface area contributed by atoms with E-state index in [2.05, 4.69) is 21.2 Å². The molecule has 0 aliphatic carbocycles. The molecule has 0 bridgehead atoms. The van der Waals surface area contributed by atoms with E-state index in [4.69, 9.17) is 0 Å². The molecule has 116 valence electrons. The molecule has 0 fully saturated rings. The topological polar surface area (TPSA) is 37.6 Å². The van der Waals surface area contributed by atoms with Crippen molar-refractivity contribution in [2.75, 3.05) is 0 Å². The van der Waals surface area contributed by atoms with E-state index in [1.54, 1.807) is 18.6 Å². The van der Waals surface area contributed by atoms with Crippen molar-refractivity contribution < 1.29 is 17.1 Å². The Morgan fingerprint density at radius 1 is 0.696 bits per heavy atom. The van der Waals surface area contributed by atoms with Gasteiger partial charge in [0.05, 0.1) is 5.69 Å². The number of aliphatic imine (C=N–C) groups is 2. The van der Waals surface area contributed by atoms with Crippen molar-refractivity contribution in [3.05, 3.63) is 91.3 Å². The fraction of sp³-hybridized carbons (Fsp3) is 0. The molecule has 3 aromatic rings. The van der Waals surface area contributed by atoms with Gasteiger partial charge in [0.2, 0.25) is 0 Å². The van der Waals surface area contributed by atoms with Crippen LogP contribution in [0.2, 0.25) is 0 Å². The quantitative estimate of drug-likeness (QED) is 0.385. The number of rotatable bonds is 3. The molecule has 4 heteroatoms. The number of benzene rings is 2. The molecule has 0 saturated heterocycles. The monoisotopic (exact) mass is 342 g/mol. The summed E-state index contributed by atoms with van der Waals surface area (Å²) in [4.78, 5) is 12.1. The number of aromatic nitrogens is 1. The van der Waals surface area contributed by atoms with Crippen LogP contribution in [0.5, 0.6) is 0 Å². The number of hydrogen-bond acceptors (Lipinski definition) is 3. The third kappa shape index (κ3) is 8.47. The first-order valence-corrected chi connectivity index (χ1v) is 6.89. The fourth-order valence-corrected chi connectivity index (χ4v) is 1.54. The maximum absolute atomic E-state index is 4.19. The van der Waals surface area contributed by atoms with Gasteiger partial charge >= 0.3 is 0 Å². The van der Waals surface area contributed by atoms with E-state index in [1.165, 1.54) is 0 Å². The molecule has 0 amide bonds. The molecule has 0 aliphatic rings. The predicted molar refractivity (Wildman–Crippen MR) is 92.4 cm³/mol. The molecule has 1 heterocycles. The van der Waals surface area contributed by atoms with Gasteiger partial charge in [-0.2, -0.15) is 0 Å². The molecule has 0 N–H and O–H groups in total. The van der Waals surface area contributed by atoms with Gasteiger partial charge in [-0.1, -0.05) is 48.2 Å². The Balaban J connectivity index is 0.000000320. The van der Waals surface area contributed by atoms with Crippen molar-refractivity contribution in [3.8, 4) is 0 Å². The fourth-order valence-electron chi connectivity index (χ4n) is 1.54. The van der Waals surface area contributed by atoms with Crippen LogP contribution in [0.4, 0.5) is 11.4 Å². The van der Waals surface area contributed by atoms with Gasteiger partial charge in [-0.15, -0.1) is 18.3 Å². The molecule has 0 atom stereocenters. The second-order valence-electron chi connectivity index (χ2n) is 4.19. The summed E-state index contributed by atoms with van der Waals surface area (Å²) in [5, 5.41) is 0. The average molecular weight is 342 g/mol. The molecule has 23 heavy (non-hydrogen) atoms. The second-order valence-corrected chi connectivity index (χ2v) is 4.19. The number of pyridine rings is 1. The Hall–Kier alpha value is -2.55. The molecule has 2 aromatic carbocycles. The van der Waals surface area contributed by atoms with Crippen molar-refractivity contribution in [1.29, 1.82) is 0 Å². The Labute approximate surface area is 147 Å². The van der Waals surface area contributed by atoms with Gasteiger partial charge < -0.3 is 4.99 Å². The van der Waals surface area contributed by atoms with Crippen molar-refractivity contribution in [2.45, 2.75) is 0 Å². The normalized spacial score (nSPS) is 9.91. The van der Waals surface area contributed by atoms with Crippen LogP contribution >= 0.6 is 0 Å². The Morgan fingerprint density at radius 2 is 1.22 bits per heavy atom. The summed E-state index contributed by atoms with van der Waals surface area (Å²) in [6.45, 7) is 0. The molecule has 3 nitrogen and oxygen atoms in total. The Bertz CT molecular complexity index is 609.